The van der Waals surface area contributed by atoms with Gasteiger partial charge < -0.3 is 10.3 Å². The monoisotopic (exact) mass is 237 g/mol. The first-order chi connectivity index (χ1) is 8.20. The van der Waals surface area contributed by atoms with E-state index in [0.717, 1.165) is 24.6 Å². The van der Waals surface area contributed by atoms with Gasteiger partial charge in [-0.05, 0) is 25.2 Å². The van der Waals surface area contributed by atoms with Gasteiger partial charge in [-0.2, -0.15) is 4.98 Å². The Balaban J connectivity index is 1.98. The minimum atomic E-state index is -0.0937. The van der Waals surface area contributed by atoms with E-state index in [2.05, 4.69) is 24.0 Å². The Morgan fingerprint density at radius 1 is 1.35 bits per heavy atom. The average molecular weight is 237 g/mol. The molecule has 0 aliphatic heterocycles. The van der Waals surface area contributed by atoms with Gasteiger partial charge in [-0.3, -0.25) is 0 Å². The number of nitrogens with zero attached hydrogens (tertiary/aromatic N) is 2. The zero-order chi connectivity index (χ0) is 12.3. The Morgan fingerprint density at radius 2 is 2.06 bits per heavy atom. The van der Waals surface area contributed by atoms with Crippen LogP contribution >= 0.6 is 0 Å². The first-order valence-electron chi connectivity index (χ1n) is 6.79. The highest BCUT2D eigenvalue weighted by Crippen LogP contribution is 2.34. The van der Waals surface area contributed by atoms with Crippen LogP contribution in [0.5, 0.6) is 0 Å². The SMILES string of the molecule is CCC[C@@H](N)c1nc(C2CCC(C)CC2)no1. The normalized spacial score (nSPS) is 27.0. The smallest absolute Gasteiger partial charge is 0.243 e. The number of rotatable bonds is 4. The van der Waals surface area contributed by atoms with E-state index in [9.17, 15) is 0 Å². The zero-order valence-corrected chi connectivity index (χ0v) is 10.9. The molecule has 1 aromatic rings. The second-order valence-corrected chi connectivity index (χ2v) is 5.34. The third-order valence-corrected chi connectivity index (χ3v) is 3.76. The van der Waals surface area contributed by atoms with E-state index in [1.165, 1.54) is 25.7 Å². The standard InChI is InChI=1S/C13H23N3O/c1-3-4-11(14)13-15-12(16-17-13)10-7-5-9(2)6-8-10/h9-11H,3-8,14H2,1-2H3/t9?,10?,11-/m1/s1. The quantitative estimate of drug-likeness (QED) is 0.873. The topological polar surface area (TPSA) is 64.9 Å². The minimum absolute atomic E-state index is 0.0937. The van der Waals surface area contributed by atoms with Gasteiger partial charge in [0, 0.05) is 5.92 Å². The molecule has 0 unspecified atom stereocenters. The lowest BCUT2D eigenvalue weighted by Crippen LogP contribution is -2.13. The van der Waals surface area contributed by atoms with Gasteiger partial charge in [0.25, 0.3) is 0 Å². The number of hydrogen-bond acceptors (Lipinski definition) is 4. The van der Waals surface area contributed by atoms with Crippen LogP contribution in [0.25, 0.3) is 0 Å². The van der Waals surface area contributed by atoms with Gasteiger partial charge >= 0.3 is 0 Å². The highest BCUT2D eigenvalue weighted by atomic mass is 16.5. The van der Waals surface area contributed by atoms with E-state index < -0.39 is 0 Å². The van der Waals surface area contributed by atoms with Crippen LogP contribution in [0.1, 0.15) is 76.0 Å². The summed E-state index contributed by atoms with van der Waals surface area (Å²) in [6, 6.07) is -0.0937. The molecule has 1 aliphatic rings. The predicted molar refractivity (Wildman–Crippen MR) is 66.5 cm³/mol. The fourth-order valence-corrected chi connectivity index (χ4v) is 2.52. The van der Waals surface area contributed by atoms with Gasteiger partial charge in [0.15, 0.2) is 5.82 Å². The van der Waals surface area contributed by atoms with Gasteiger partial charge in [0.2, 0.25) is 5.89 Å². The summed E-state index contributed by atoms with van der Waals surface area (Å²) in [5, 5.41) is 4.10. The maximum atomic E-state index is 5.97. The Morgan fingerprint density at radius 3 is 2.71 bits per heavy atom. The van der Waals surface area contributed by atoms with E-state index in [0.29, 0.717) is 11.8 Å². The van der Waals surface area contributed by atoms with Crippen molar-refractivity contribution in [2.75, 3.05) is 0 Å². The summed E-state index contributed by atoms with van der Waals surface area (Å²) in [6.45, 7) is 4.43. The lowest BCUT2D eigenvalue weighted by Gasteiger charge is -2.23. The summed E-state index contributed by atoms with van der Waals surface area (Å²) < 4.78 is 5.27. The summed E-state index contributed by atoms with van der Waals surface area (Å²) in [6.07, 6.45) is 6.86. The molecule has 4 heteroatoms. The molecule has 1 fully saturated rings. The van der Waals surface area contributed by atoms with Crippen LogP contribution in [0.15, 0.2) is 4.52 Å². The van der Waals surface area contributed by atoms with Crippen molar-refractivity contribution in [1.29, 1.82) is 0 Å². The highest BCUT2D eigenvalue weighted by Gasteiger charge is 2.24. The second kappa shape index (κ2) is 5.63. The molecule has 0 saturated heterocycles. The van der Waals surface area contributed by atoms with E-state index >= 15 is 0 Å². The highest BCUT2D eigenvalue weighted by molar-refractivity contribution is 4.99. The first kappa shape index (κ1) is 12.6. The second-order valence-electron chi connectivity index (χ2n) is 5.34. The van der Waals surface area contributed by atoms with Crippen LogP contribution in [0.4, 0.5) is 0 Å². The fraction of sp³-hybridized carbons (Fsp3) is 0.846. The van der Waals surface area contributed by atoms with Crippen LogP contribution in [0.3, 0.4) is 0 Å². The van der Waals surface area contributed by atoms with Crippen LogP contribution in [0, 0.1) is 5.92 Å². The maximum absolute atomic E-state index is 5.97. The maximum Gasteiger partial charge on any atom is 0.243 e. The molecule has 1 aliphatic carbocycles. The van der Waals surface area contributed by atoms with Crippen LogP contribution in [-0.2, 0) is 0 Å². The summed E-state index contributed by atoms with van der Waals surface area (Å²) in [7, 11) is 0. The molecule has 2 rings (SSSR count). The van der Waals surface area contributed by atoms with Crippen molar-refractivity contribution in [3.05, 3.63) is 11.7 Å². The van der Waals surface area contributed by atoms with Gasteiger partial charge in [-0.25, -0.2) is 0 Å². The molecule has 0 radical (unpaired) electrons. The van der Waals surface area contributed by atoms with Gasteiger partial charge in [-0.15, -0.1) is 0 Å². The predicted octanol–water partition coefficient (Wildman–Crippen LogP) is 3.16. The lowest BCUT2D eigenvalue weighted by molar-refractivity contribution is 0.317. The summed E-state index contributed by atoms with van der Waals surface area (Å²) in [4.78, 5) is 4.47. The summed E-state index contributed by atoms with van der Waals surface area (Å²) >= 11 is 0. The Kier molecular flexibility index (Phi) is 4.15. The Labute approximate surface area is 103 Å². The van der Waals surface area contributed by atoms with Crippen molar-refractivity contribution in [3.8, 4) is 0 Å². The van der Waals surface area contributed by atoms with Gasteiger partial charge in [0.1, 0.15) is 0 Å². The third kappa shape index (κ3) is 3.06. The lowest BCUT2D eigenvalue weighted by atomic mass is 9.83. The minimum Gasteiger partial charge on any atom is -0.338 e. The molecule has 0 aromatic carbocycles. The molecule has 4 nitrogen and oxygen atoms in total. The van der Waals surface area contributed by atoms with Crippen molar-refractivity contribution in [3.63, 3.8) is 0 Å². The van der Waals surface area contributed by atoms with Crippen LogP contribution in [-0.4, -0.2) is 10.1 Å². The molecule has 0 amide bonds. The van der Waals surface area contributed by atoms with E-state index in [1.807, 2.05) is 0 Å². The first-order valence-corrected chi connectivity index (χ1v) is 6.79. The molecule has 1 heterocycles. The average Bonchev–Trinajstić information content (AvgIpc) is 2.80. The Bertz CT molecular complexity index is 342. The molecule has 0 spiro atoms. The third-order valence-electron chi connectivity index (χ3n) is 3.76. The molecule has 96 valence electrons. The van der Waals surface area contributed by atoms with Crippen LogP contribution < -0.4 is 5.73 Å². The molecule has 1 saturated carbocycles. The number of hydrogen-bond donors (Lipinski definition) is 1. The van der Waals surface area contributed by atoms with Crippen molar-refractivity contribution >= 4 is 0 Å². The Hall–Kier alpha value is -0.900. The number of nitrogens with two attached hydrogens (primary N) is 1. The van der Waals surface area contributed by atoms with E-state index in [4.69, 9.17) is 10.3 Å². The molecule has 17 heavy (non-hydrogen) atoms. The zero-order valence-electron chi connectivity index (χ0n) is 10.9. The van der Waals surface area contributed by atoms with Crippen molar-refractivity contribution in [1.82, 2.24) is 10.1 Å². The van der Waals surface area contributed by atoms with Gasteiger partial charge in [0.05, 0.1) is 6.04 Å². The van der Waals surface area contributed by atoms with E-state index in [1.54, 1.807) is 0 Å². The summed E-state index contributed by atoms with van der Waals surface area (Å²) in [5.74, 6) is 2.82. The summed E-state index contributed by atoms with van der Waals surface area (Å²) in [5.41, 5.74) is 5.97. The molecular weight excluding hydrogens is 214 g/mol. The largest absolute Gasteiger partial charge is 0.338 e. The molecule has 1 aromatic heterocycles. The van der Waals surface area contributed by atoms with Crippen molar-refractivity contribution in [2.24, 2.45) is 11.7 Å². The molecule has 2 N–H and O–H groups in total. The fourth-order valence-electron chi connectivity index (χ4n) is 2.52. The van der Waals surface area contributed by atoms with Crippen molar-refractivity contribution < 1.29 is 4.52 Å². The van der Waals surface area contributed by atoms with E-state index in [-0.39, 0.29) is 6.04 Å². The number of aromatic nitrogens is 2. The molecular formula is C13H23N3O. The van der Waals surface area contributed by atoms with Gasteiger partial charge in [-0.1, -0.05) is 38.3 Å². The van der Waals surface area contributed by atoms with Crippen LogP contribution in [0.2, 0.25) is 0 Å². The van der Waals surface area contributed by atoms with Crippen molar-refractivity contribution in [2.45, 2.75) is 64.3 Å². The molecule has 1 atom stereocenters. The molecule has 0 bridgehead atoms.